The van der Waals surface area contributed by atoms with Gasteiger partial charge in [-0.25, -0.2) is 4.98 Å². The summed E-state index contributed by atoms with van der Waals surface area (Å²) in [4.78, 5) is 8.86. The smallest absolute Gasteiger partial charge is 0.225 e. The maximum Gasteiger partial charge on any atom is 0.225 e. The molecule has 106 valence electrons. The van der Waals surface area contributed by atoms with E-state index in [2.05, 4.69) is 41.4 Å². The maximum absolute atomic E-state index is 5.98. The molecule has 2 rings (SSSR count). The van der Waals surface area contributed by atoms with Gasteiger partial charge in [0.2, 0.25) is 5.95 Å². The quantitative estimate of drug-likeness (QED) is 0.880. The molecule has 20 heavy (non-hydrogen) atoms. The highest BCUT2D eigenvalue weighted by atomic mass is 35.5. The van der Waals surface area contributed by atoms with Gasteiger partial charge < -0.3 is 10.6 Å². The molecule has 5 heteroatoms. The van der Waals surface area contributed by atoms with Crippen molar-refractivity contribution in [2.75, 3.05) is 10.6 Å². The van der Waals surface area contributed by atoms with E-state index < -0.39 is 0 Å². The number of rotatable bonds is 3. The predicted molar refractivity (Wildman–Crippen MR) is 84.9 cm³/mol. The average molecular weight is 291 g/mol. The van der Waals surface area contributed by atoms with E-state index in [1.807, 2.05) is 37.3 Å². The molecule has 0 saturated carbocycles. The van der Waals surface area contributed by atoms with Crippen LogP contribution in [0.4, 0.5) is 17.5 Å². The molecular formula is C15H19ClN4. The van der Waals surface area contributed by atoms with Gasteiger partial charge >= 0.3 is 0 Å². The summed E-state index contributed by atoms with van der Waals surface area (Å²) in [6.07, 6.45) is 0. The Hall–Kier alpha value is -1.81. The first-order chi connectivity index (χ1) is 9.32. The molecule has 0 bridgehead atoms. The molecule has 1 aromatic carbocycles. The van der Waals surface area contributed by atoms with Crippen LogP contribution in [0.25, 0.3) is 0 Å². The molecule has 0 atom stereocenters. The fraction of sp³-hybridized carbons (Fsp3) is 0.333. The first-order valence-corrected chi connectivity index (χ1v) is 6.86. The number of hydrogen-bond donors (Lipinski definition) is 2. The summed E-state index contributed by atoms with van der Waals surface area (Å²) in [6, 6.07) is 9.43. The minimum absolute atomic E-state index is 0.0822. The van der Waals surface area contributed by atoms with Crippen LogP contribution in [-0.2, 0) is 0 Å². The topological polar surface area (TPSA) is 49.8 Å². The van der Waals surface area contributed by atoms with E-state index in [-0.39, 0.29) is 5.54 Å². The standard InChI is InChI=1S/C15H19ClN4/c1-10-8-13(18-12-7-5-6-11(16)9-12)19-14(17-10)20-15(2,3)4/h5-9H,1-4H3,(H2,17,18,19,20). The fourth-order valence-electron chi connectivity index (χ4n) is 1.74. The van der Waals surface area contributed by atoms with Gasteiger partial charge in [0.1, 0.15) is 5.82 Å². The van der Waals surface area contributed by atoms with E-state index in [0.29, 0.717) is 11.0 Å². The van der Waals surface area contributed by atoms with E-state index in [0.717, 1.165) is 17.2 Å². The Labute approximate surface area is 124 Å². The zero-order chi connectivity index (χ0) is 14.8. The molecule has 2 N–H and O–H groups in total. The van der Waals surface area contributed by atoms with E-state index in [9.17, 15) is 0 Å². The molecular weight excluding hydrogens is 272 g/mol. The van der Waals surface area contributed by atoms with Crippen LogP contribution in [0.5, 0.6) is 0 Å². The Bertz CT molecular complexity index is 605. The van der Waals surface area contributed by atoms with Crippen molar-refractivity contribution in [3.63, 3.8) is 0 Å². The molecule has 0 amide bonds. The lowest BCUT2D eigenvalue weighted by molar-refractivity contribution is 0.625. The first-order valence-electron chi connectivity index (χ1n) is 6.48. The van der Waals surface area contributed by atoms with Gasteiger partial charge in [-0.2, -0.15) is 4.98 Å². The van der Waals surface area contributed by atoms with Crippen LogP contribution < -0.4 is 10.6 Å². The Morgan fingerprint density at radius 3 is 2.50 bits per heavy atom. The minimum Gasteiger partial charge on any atom is -0.350 e. The van der Waals surface area contributed by atoms with Crippen molar-refractivity contribution < 1.29 is 0 Å². The monoisotopic (exact) mass is 290 g/mol. The van der Waals surface area contributed by atoms with E-state index in [4.69, 9.17) is 11.6 Å². The van der Waals surface area contributed by atoms with Crippen LogP contribution in [0.3, 0.4) is 0 Å². The van der Waals surface area contributed by atoms with Crippen molar-refractivity contribution in [1.82, 2.24) is 9.97 Å². The second-order valence-electron chi connectivity index (χ2n) is 5.73. The third-order valence-corrected chi connectivity index (χ3v) is 2.67. The average Bonchev–Trinajstić information content (AvgIpc) is 2.25. The van der Waals surface area contributed by atoms with Crippen LogP contribution in [0.1, 0.15) is 26.5 Å². The summed E-state index contributed by atoms with van der Waals surface area (Å²) in [5.74, 6) is 1.36. The van der Waals surface area contributed by atoms with Gasteiger partial charge in [-0.05, 0) is 45.9 Å². The molecule has 0 saturated heterocycles. The summed E-state index contributed by atoms with van der Waals surface area (Å²) in [6.45, 7) is 8.16. The lowest BCUT2D eigenvalue weighted by Crippen LogP contribution is -2.27. The molecule has 0 aliphatic rings. The Kier molecular flexibility index (Phi) is 4.14. The van der Waals surface area contributed by atoms with Crippen LogP contribution in [0.2, 0.25) is 5.02 Å². The SMILES string of the molecule is Cc1cc(Nc2cccc(Cl)c2)nc(NC(C)(C)C)n1. The van der Waals surface area contributed by atoms with Gasteiger partial charge in [0, 0.05) is 28.0 Å². The van der Waals surface area contributed by atoms with Crippen molar-refractivity contribution in [2.45, 2.75) is 33.2 Å². The van der Waals surface area contributed by atoms with E-state index in [1.165, 1.54) is 0 Å². The van der Waals surface area contributed by atoms with Gasteiger partial charge in [0.05, 0.1) is 0 Å². The van der Waals surface area contributed by atoms with Gasteiger partial charge in [0.25, 0.3) is 0 Å². The van der Waals surface area contributed by atoms with E-state index in [1.54, 1.807) is 0 Å². The lowest BCUT2D eigenvalue weighted by atomic mass is 10.1. The van der Waals surface area contributed by atoms with Crippen LogP contribution >= 0.6 is 11.6 Å². The maximum atomic E-state index is 5.98. The van der Waals surface area contributed by atoms with Crippen molar-refractivity contribution >= 4 is 29.1 Å². The lowest BCUT2D eigenvalue weighted by Gasteiger charge is -2.21. The summed E-state index contributed by atoms with van der Waals surface area (Å²) in [5.41, 5.74) is 1.72. The number of nitrogens with zero attached hydrogens (tertiary/aromatic N) is 2. The summed E-state index contributed by atoms with van der Waals surface area (Å²) < 4.78 is 0. The van der Waals surface area contributed by atoms with Crippen LogP contribution in [0.15, 0.2) is 30.3 Å². The fourth-order valence-corrected chi connectivity index (χ4v) is 1.93. The zero-order valence-electron chi connectivity index (χ0n) is 12.2. The molecule has 0 fully saturated rings. The molecule has 0 radical (unpaired) electrons. The van der Waals surface area contributed by atoms with E-state index >= 15 is 0 Å². The number of benzene rings is 1. The van der Waals surface area contributed by atoms with Gasteiger partial charge in [-0.3, -0.25) is 0 Å². The van der Waals surface area contributed by atoms with Gasteiger partial charge in [-0.1, -0.05) is 17.7 Å². The molecule has 1 heterocycles. The largest absolute Gasteiger partial charge is 0.350 e. The zero-order valence-corrected chi connectivity index (χ0v) is 12.9. The number of nitrogens with one attached hydrogen (secondary N) is 2. The number of halogens is 1. The molecule has 1 aromatic heterocycles. The number of hydrogen-bond acceptors (Lipinski definition) is 4. The Morgan fingerprint density at radius 2 is 1.85 bits per heavy atom. The molecule has 4 nitrogen and oxygen atoms in total. The third-order valence-electron chi connectivity index (χ3n) is 2.44. The Balaban J connectivity index is 2.24. The normalized spacial score (nSPS) is 11.2. The Morgan fingerprint density at radius 1 is 1.10 bits per heavy atom. The highest BCUT2D eigenvalue weighted by Crippen LogP contribution is 2.21. The summed E-state index contributed by atoms with van der Waals surface area (Å²) in [7, 11) is 0. The number of aromatic nitrogens is 2. The molecule has 2 aromatic rings. The minimum atomic E-state index is -0.0822. The van der Waals surface area contributed by atoms with Crippen LogP contribution in [0, 0.1) is 6.92 Å². The highest BCUT2D eigenvalue weighted by molar-refractivity contribution is 6.30. The first kappa shape index (κ1) is 14.6. The summed E-state index contributed by atoms with van der Waals surface area (Å²) in [5, 5.41) is 7.20. The second-order valence-corrected chi connectivity index (χ2v) is 6.16. The number of aryl methyl sites for hydroxylation is 1. The summed E-state index contributed by atoms with van der Waals surface area (Å²) >= 11 is 5.98. The van der Waals surface area contributed by atoms with Gasteiger partial charge in [-0.15, -0.1) is 0 Å². The molecule has 0 unspecified atom stereocenters. The third kappa shape index (κ3) is 4.38. The second kappa shape index (κ2) is 5.67. The van der Waals surface area contributed by atoms with Gasteiger partial charge in [0.15, 0.2) is 0 Å². The highest BCUT2D eigenvalue weighted by Gasteiger charge is 2.12. The van der Waals surface area contributed by atoms with Crippen molar-refractivity contribution in [3.05, 3.63) is 41.0 Å². The van der Waals surface area contributed by atoms with Crippen LogP contribution in [-0.4, -0.2) is 15.5 Å². The van der Waals surface area contributed by atoms with Crippen molar-refractivity contribution in [3.8, 4) is 0 Å². The molecule has 0 aliphatic carbocycles. The van der Waals surface area contributed by atoms with Crippen molar-refractivity contribution in [2.24, 2.45) is 0 Å². The molecule has 0 spiro atoms. The molecule has 0 aliphatic heterocycles. The number of anilines is 3. The predicted octanol–water partition coefficient (Wildman–Crippen LogP) is 4.39. The van der Waals surface area contributed by atoms with Crippen molar-refractivity contribution in [1.29, 1.82) is 0 Å².